The van der Waals surface area contributed by atoms with E-state index >= 15 is 0 Å². The minimum absolute atomic E-state index is 0.362. The Balaban J connectivity index is 2.10. The Labute approximate surface area is 145 Å². The van der Waals surface area contributed by atoms with Crippen molar-refractivity contribution in [1.29, 1.82) is 0 Å². The van der Waals surface area contributed by atoms with Crippen molar-refractivity contribution in [2.24, 2.45) is 0 Å². The third-order valence-corrected chi connectivity index (χ3v) is 3.40. The predicted octanol–water partition coefficient (Wildman–Crippen LogP) is 3.30. The first-order chi connectivity index (χ1) is 11.6. The summed E-state index contributed by atoms with van der Waals surface area (Å²) in [6.07, 6.45) is 0. The SMILES string of the molecule is COC(=O)c1cccc(NC(=S)Nc2ccc(OC)cc2OC)c1. The molecule has 6 nitrogen and oxygen atoms in total. The van der Waals surface area contributed by atoms with E-state index in [1.165, 1.54) is 7.11 Å². The Hall–Kier alpha value is -2.80. The van der Waals surface area contributed by atoms with Crippen LogP contribution in [0.25, 0.3) is 0 Å². The van der Waals surface area contributed by atoms with Gasteiger partial charge in [0.25, 0.3) is 0 Å². The van der Waals surface area contributed by atoms with Gasteiger partial charge < -0.3 is 24.8 Å². The second-order valence-electron chi connectivity index (χ2n) is 4.72. The lowest BCUT2D eigenvalue weighted by Gasteiger charge is -2.14. The van der Waals surface area contributed by atoms with Gasteiger partial charge in [-0.1, -0.05) is 6.07 Å². The van der Waals surface area contributed by atoms with Crippen molar-refractivity contribution < 1.29 is 19.0 Å². The monoisotopic (exact) mass is 346 g/mol. The normalized spacial score (nSPS) is 9.79. The van der Waals surface area contributed by atoms with E-state index in [9.17, 15) is 4.79 Å². The molecule has 0 heterocycles. The lowest BCUT2D eigenvalue weighted by atomic mass is 10.2. The number of rotatable bonds is 5. The van der Waals surface area contributed by atoms with Gasteiger partial charge in [0, 0.05) is 11.8 Å². The maximum absolute atomic E-state index is 11.6. The highest BCUT2D eigenvalue weighted by Gasteiger charge is 2.09. The maximum atomic E-state index is 11.6. The van der Waals surface area contributed by atoms with E-state index in [0.29, 0.717) is 33.5 Å². The number of carbonyl (C=O) groups is 1. The number of nitrogens with one attached hydrogen (secondary N) is 2. The summed E-state index contributed by atoms with van der Waals surface area (Å²) in [7, 11) is 4.49. The van der Waals surface area contributed by atoms with Gasteiger partial charge in [-0.15, -0.1) is 0 Å². The number of esters is 1. The quantitative estimate of drug-likeness (QED) is 0.636. The molecule has 0 saturated carbocycles. The standard InChI is InChI=1S/C17H18N2O4S/c1-21-13-7-8-14(15(10-13)22-2)19-17(24)18-12-6-4-5-11(9-12)16(20)23-3/h4-10H,1-3H3,(H2,18,19,24). The smallest absolute Gasteiger partial charge is 0.337 e. The van der Waals surface area contributed by atoms with Crippen LogP contribution in [0.4, 0.5) is 11.4 Å². The first-order valence-electron chi connectivity index (χ1n) is 7.05. The fourth-order valence-electron chi connectivity index (χ4n) is 2.03. The Morgan fingerprint density at radius 2 is 1.79 bits per heavy atom. The van der Waals surface area contributed by atoms with Crippen LogP contribution in [0.1, 0.15) is 10.4 Å². The third-order valence-electron chi connectivity index (χ3n) is 3.20. The highest BCUT2D eigenvalue weighted by molar-refractivity contribution is 7.80. The molecule has 0 fully saturated rings. The van der Waals surface area contributed by atoms with Gasteiger partial charge in [-0.3, -0.25) is 0 Å². The van der Waals surface area contributed by atoms with Crippen LogP contribution >= 0.6 is 12.2 Å². The molecule has 0 saturated heterocycles. The number of carbonyl (C=O) groups excluding carboxylic acids is 1. The lowest BCUT2D eigenvalue weighted by Crippen LogP contribution is -2.19. The van der Waals surface area contributed by atoms with Crippen molar-refractivity contribution in [2.45, 2.75) is 0 Å². The van der Waals surface area contributed by atoms with Crippen LogP contribution in [0.5, 0.6) is 11.5 Å². The van der Waals surface area contributed by atoms with Gasteiger partial charge in [0.15, 0.2) is 5.11 Å². The molecule has 0 aliphatic heterocycles. The van der Waals surface area contributed by atoms with Crippen molar-refractivity contribution >= 4 is 34.7 Å². The van der Waals surface area contributed by atoms with Crippen LogP contribution in [-0.2, 0) is 4.74 Å². The Morgan fingerprint density at radius 3 is 2.46 bits per heavy atom. The fourth-order valence-corrected chi connectivity index (χ4v) is 2.26. The summed E-state index contributed by atoms with van der Waals surface area (Å²) in [5.74, 6) is 0.873. The average Bonchev–Trinajstić information content (AvgIpc) is 2.61. The zero-order chi connectivity index (χ0) is 17.5. The van der Waals surface area contributed by atoms with Crippen molar-refractivity contribution in [3.63, 3.8) is 0 Å². The number of anilines is 2. The van der Waals surface area contributed by atoms with E-state index in [1.807, 2.05) is 0 Å². The van der Waals surface area contributed by atoms with E-state index in [4.69, 9.17) is 26.4 Å². The highest BCUT2D eigenvalue weighted by atomic mass is 32.1. The van der Waals surface area contributed by atoms with Gasteiger partial charge in [0.2, 0.25) is 0 Å². The van der Waals surface area contributed by atoms with Crippen molar-refractivity contribution in [1.82, 2.24) is 0 Å². The van der Waals surface area contributed by atoms with Gasteiger partial charge in [-0.05, 0) is 42.5 Å². The van der Waals surface area contributed by atoms with Gasteiger partial charge >= 0.3 is 5.97 Å². The van der Waals surface area contributed by atoms with E-state index in [-0.39, 0.29) is 0 Å². The third kappa shape index (κ3) is 4.36. The molecule has 0 unspecified atom stereocenters. The molecule has 2 N–H and O–H groups in total. The number of hydrogen-bond acceptors (Lipinski definition) is 5. The fraction of sp³-hybridized carbons (Fsp3) is 0.176. The lowest BCUT2D eigenvalue weighted by molar-refractivity contribution is 0.0601. The zero-order valence-electron chi connectivity index (χ0n) is 13.6. The minimum atomic E-state index is -0.408. The summed E-state index contributed by atoms with van der Waals surface area (Å²) in [4.78, 5) is 11.6. The maximum Gasteiger partial charge on any atom is 0.337 e. The summed E-state index contributed by atoms with van der Waals surface area (Å²) >= 11 is 5.30. The van der Waals surface area contributed by atoms with Crippen LogP contribution in [0, 0.1) is 0 Å². The van der Waals surface area contributed by atoms with Crippen LogP contribution < -0.4 is 20.1 Å². The van der Waals surface area contributed by atoms with Gasteiger partial charge in [0.05, 0.1) is 32.6 Å². The summed E-state index contributed by atoms with van der Waals surface area (Å²) in [5.41, 5.74) is 1.80. The summed E-state index contributed by atoms with van der Waals surface area (Å²) in [6.45, 7) is 0. The molecule has 0 bridgehead atoms. The van der Waals surface area contributed by atoms with Crippen molar-refractivity contribution in [3.05, 3.63) is 48.0 Å². The van der Waals surface area contributed by atoms with E-state index in [1.54, 1.807) is 56.7 Å². The number of benzene rings is 2. The molecule has 0 radical (unpaired) electrons. The zero-order valence-corrected chi connectivity index (χ0v) is 14.4. The van der Waals surface area contributed by atoms with E-state index in [2.05, 4.69) is 10.6 Å². The first-order valence-corrected chi connectivity index (χ1v) is 7.46. The average molecular weight is 346 g/mol. The van der Waals surface area contributed by atoms with Crippen LogP contribution in [0.15, 0.2) is 42.5 Å². The molecular formula is C17H18N2O4S. The molecule has 2 aromatic rings. The second kappa shape index (κ2) is 8.16. The number of ether oxygens (including phenoxy) is 3. The summed E-state index contributed by atoms with van der Waals surface area (Å²) < 4.78 is 15.2. The molecule has 24 heavy (non-hydrogen) atoms. The highest BCUT2D eigenvalue weighted by Crippen LogP contribution is 2.29. The van der Waals surface area contributed by atoms with E-state index in [0.717, 1.165) is 0 Å². The molecule has 0 aromatic heterocycles. The Kier molecular flexibility index (Phi) is 5.97. The Bertz CT molecular complexity index is 749. The molecular weight excluding hydrogens is 328 g/mol. The van der Waals surface area contributed by atoms with E-state index < -0.39 is 5.97 Å². The van der Waals surface area contributed by atoms with Gasteiger partial charge in [-0.25, -0.2) is 4.79 Å². The molecule has 0 amide bonds. The van der Waals surface area contributed by atoms with Crippen LogP contribution in [0.2, 0.25) is 0 Å². The molecule has 0 spiro atoms. The predicted molar refractivity (Wildman–Crippen MR) is 97.2 cm³/mol. The second-order valence-corrected chi connectivity index (χ2v) is 5.13. The van der Waals surface area contributed by atoms with Crippen molar-refractivity contribution in [3.8, 4) is 11.5 Å². The molecule has 0 aliphatic rings. The summed E-state index contributed by atoms with van der Waals surface area (Å²) in [6, 6.07) is 12.2. The molecule has 126 valence electrons. The number of thiocarbonyl (C=S) groups is 1. The molecule has 2 rings (SSSR count). The van der Waals surface area contributed by atoms with Gasteiger partial charge in [-0.2, -0.15) is 0 Å². The van der Waals surface area contributed by atoms with Crippen LogP contribution in [-0.4, -0.2) is 32.4 Å². The molecule has 2 aromatic carbocycles. The minimum Gasteiger partial charge on any atom is -0.497 e. The molecule has 0 aliphatic carbocycles. The van der Waals surface area contributed by atoms with Crippen molar-refractivity contribution in [2.75, 3.05) is 32.0 Å². The molecule has 0 atom stereocenters. The largest absolute Gasteiger partial charge is 0.497 e. The topological polar surface area (TPSA) is 68.8 Å². The summed E-state index contributed by atoms with van der Waals surface area (Å²) in [5, 5.41) is 6.42. The molecule has 7 heteroatoms. The van der Waals surface area contributed by atoms with Gasteiger partial charge in [0.1, 0.15) is 11.5 Å². The first kappa shape index (κ1) is 17.6. The number of methoxy groups -OCH3 is 3. The van der Waals surface area contributed by atoms with Crippen LogP contribution in [0.3, 0.4) is 0 Å². The Morgan fingerprint density at radius 1 is 1.00 bits per heavy atom. The number of hydrogen-bond donors (Lipinski definition) is 2.